The van der Waals surface area contributed by atoms with Crippen molar-refractivity contribution in [3.05, 3.63) is 48.5 Å². The van der Waals surface area contributed by atoms with Crippen LogP contribution in [0.1, 0.15) is 18.4 Å². The lowest BCUT2D eigenvalue weighted by molar-refractivity contribution is 0.239. The average molecular weight is 314 g/mol. The van der Waals surface area contributed by atoms with Gasteiger partial charge in [-0.25, -0.2) is 9.78 Å². The third kappa shape index (κ3) is 3.64. The normalized spacial score (nSPS) is 15.0. The summed E-state index contributed by atoms with van der Waals surface area (Å²) in [5, 5.41) is 5.86. The zero-order valence-corrected chi connectivity index (χ0v) is 13.3. The molecule has 1 saturated carbocycles. The smallest absolute Gasteiger partial charge is 0.314 e. The fraction of sp³-hybridized carbons (Fsp3) is 0.412. The number of carbonyl (C=O) groups is 1. The van der Waals surface area contributed by atoms with Gasteiger partial charge in [-0.1, -0.05) is 18.2 Å². The molecule has 6 heteroatoms. The van der Waals surface area contributed by atoms with Crippen LogP contribution in [-0.2, 0) is 12.0 Å². The number of methoxy groups -OCH3 is 1. The highest BCUT2D eigenvalue weighted by Crippen LogP contribution is 2.50. The van der Waals surface area contributed by atoms with Crippen molar-refractivity contribution in [3.8, 4) is 5.75 Å². The molecule has 0 aliphatic heterocycles. The molecule has 0 bridgehead atoms. The number of para-hydroxylation sites is 1. The lowest BCUT2D eigenvalue weighted by Crippen LogP contribution is -2.41. The molecule has 1 aromatic carbocycles. The molecule has 3 rings (SSSR count). The van der Waals surface area contributed by atoms with Crippen LogP contribution in [0.15, 0.2) is 43.0 Å². The first-order chi connectivity index (χ1) is 11.2. The van der Waals surface area contributed by atoms with Gasteiger partial charge in [0.2, 0.25) is 0 Å². The molecule has 2 N–H and O–H groups in total. The molecule has 0 radical (unpaired) electrons. The Kier molecular flexibility index (Phi) is 4.50. The zero-order chi connectivity index (χ0) is 16.1. The SMILES string of the molecule is COc1ccccc1C1(CNC(=O)NCCn2ccnc2)CC1. The first-order valence-corrected chi connectivity index (χ1v) is 7.84. The van der Waals surface area contributed by atoms with Crippen LogP contribution in [0.25, 0.3) is 0 Å². The molecule has 0 atom stereocenters. The minimum Gasteiger partial charge on any atom is -0.496 e. The van der Waals surface area contributed by atoms with Crippen LogP contribution in [-0.4, -0.2) is 35.8 Å². The van der Waals surface area contributed by atoms with Gasteiger partial charge in [0.25, 0.3) is 0 Å². The van der Waals surface area contributed by atoms with Gasteiger partial charge in [-0.05, 0) is 18.9 Å². The van der Waals surface area contributed by atoms with Crippen LogP contribution in [0, 0.1) is 0 Å². The van der Waals surface area contributed by atoms with Crippen LogP contribution in [0.5, 0.6) is 5.75 Å². The highest BCUT2D eigenvalue weighted by atomic mass is 16.5. The minimum atomic E-state index is -0.133. The van der Waals surface area contributed by atoms with Crippen LogP contribution in [0.4, 0.5) is 4.79 Å². The van der Waals surface area contributed by atoms with Crippen molar-refractivity contribution in [1.29, 1.82) is 0 Å². The second-order valence-electron chi connectivity index (χ2n) is 5.89. The molecular formula is C17H22N4O2. The topological polar surface area (TPSA) is 68.2 Å². The number of ether oxygens (including phenoxy) is 1. The second-order valence-corrected chi connectivity index (χ2v) is 5.89. The van der Waals surface area contributed by atoms with E-state index in [4.69, 9.17) is 4.74 Å². The summed E-state index contributed by atoms with van der Waals surface area (Å²) >= 11 is 0. The van der Waals surface area contributed by atoms with Gasteiger partial charge in [0.05, 0.1) is 13.4 Å². The van der Waals surface area contributed by atoms with Crippen molar-refractivity contribution in [2.45, 2.75) is 24.8 Å². The van der Waals surface area contributed by atoms with E-state index < -0.39 is 0 Å². The van der Waals surface area contributed by atoms with E-state index >= 15 is 0 Å². The number of nitrogens with one attached hydrogen (secondary N) is 2. The van der Waals surface area contributed by atoms with Gasteiger partial charge < -0.3 is 19.9 Å². The number of hydrogen-bond donors (Lipinski definition) is 2. The minimum absolute atomic E-state index is 0.0221. The molecule has 122 valence electrons. The Bertz CT molecular complexity index is 650. The summed E-state index contributed by atoms with van der Waals surface area (Å²) in [7, 11) is 1.69. The lowest BCUT2D eigenvalue weighted by Gasteiger charge is -2.19. The van der Waals surface area contributed by atoms with E-state index in [2.05, 4.69) is 21.7 Å². The Hall–Kier alpha value is -2.50. The van der Waals surface area contributed by atoms with Crippen molar-refractivity contribution in [1.82, 2.24) is 20.2 Å². The summed E-state index contributed by atoms with van der Waals surface area (Å²) in [6.45, 7) is 1.92. The second kappa shape index (κ2) is 6.73. The average Bonchev–Trinajstić information content (AvgIpc) is 3.20. The number of carbonyl (C=O) groups excluding carboxylic acids is 1. The maximum atomic E-state index is 12.0. The van der Waals surface area contributed by atoms with Gasteiger partial charge in [-0.15, -0.1) is 0 Å². The summed E-state index contributed by atoms with van der Waals surface area (Å²) in [5.41, 5.74) is 1.20. The summed E-state index contributed by atoms with van der Waals surface area (Å²) in [4.78, 5) is 15.9. The first kappa shape index (κ1) is 15.4. The summed E-state index contributed by atoms with van der Waals surface area (Å²) in [6.07, 6.45) is 7.48. The fourth-order valence-corrected chi connectivity index (χ4v) is 2.80. The van der Waals surface area contributed by atoms with Crippen molar-refractivity contribution >= 4 is 6.03 Å². The number of amides is 2. The largest absolute Gasteiger partial charge is 0.496 e. The van der Waals surface area contributed by atoms with E-state index in [1.165, 1.54) is 5.56 Å². The highest BCUT2D eigenvalue weighted by Gasteiger charge is 2.46. The van der Waals surface area contributed by atoms with Gasteiger partial charge in [-0.2, -0.15) is 0 Å². The molecule has 2 amide bonds. The number of urea groups is 1. The fourth-order valence-electron chi connectivity index (χ4n) is 2.80. The zero-order valence-electron chi connectivity index (χ0n) is 13.3. The maximum Gasteiger partial charge on any atom is 0.314 e. The molecule has 0 spiro atoms. The molecule has 0 unspecified atom stereocenters. The van der Waals surface area contributed by atoms with Crippen molar-refractivity contribution in [2.75, 3.05) is 20.2 Å². The quantitative estimate of drug-likeness (QED) is 0.820. The molecule has 0 saturated heterocycles. The standard InChI is InChI=1S/C17H22N4O2/c1-23-15-5-3-2-4-14(15)17(6-7-17)12-20-16(22)19-9-11-21-10-8-18-13-21/h2-5,8,10,13H,6-7,9,11-12H2,1H3,(H2,19,20,22). The van der Waals surface area contributed by atoms with E-state index in [1.807, 2.05) is 29.0 Å². The molecule has 1 heterocycles. The van der Waals surface area contributed by atoms with Crippen molar-refractivity contribution in [2.24, 2.45) is 0 Å². The monoisotopic (exact) mass is 314 g/mol. The third-order valence-electron chi connectivity index (χ3n) is 4.33. The third-order valence-corrected chi connectivity index (χ3v) is 4.33. The molecular weight excluding hydrogens is 292 g/mol. The molecule has 1 aliphatic rings. The van der Waals surface area contributed by atoms with Crippen molar-refractivity contribution in [3.63, 3.8) is 0 Å². The Morgan fingerprint density at radius 1 is 1.35 bits per heavy atom. The first-order valence-electron chi connectivity index (χ1n) is 7.84. The number of rotatable bonds is 7. The number of nitrogens with zero attached hydrogens (tertiary/aromatic N) is 2. The van der Waals surface area contributed by atoms with E-state index in [0.29, 0.717) is 19.6 Å². The van der Waals surface area contributed by atoms with E-state index in [1.54, 1.807) is 19.6 Å². The van der Waals surface area contributed by atoms with Crippen molar-refractivity contribution < 1.29 is 9.53 Å². The Balaban J connectivity index is 1.48. The summed E-state index contributed by atoms with van der Waals surface area (Å²) < 4.78 is 7.38. The van der Waals surface area contributed by atoms with Gasteiger partial charge in [0.1, 0.15) is 5.75 Å². The van der Waals surface area contributed by atoms with E-state index in [0.717, 1.165) is 18.6 Å². The number of benzene rings is 1. The number of hydrogen-bond acceptors (Lipinski definition) is 3. The van der Waals surface area contributed by atoms with Gasteiger partial charge in [0.15, 0.2) is 0 Å². The molecule has 1 fully saturated rings. The van der Waals surface area contributed by atoms with Crippen LogP contribution in [0.2, 0.25) is 0 Å². The van der Waals surface area contributed by atoms with Gasteiger partial charge in [0, 0.05) is 43.0 Å². The Labute approximate surface area is 135 Å². The van der Waals surface area contributed by atoms with E-state index in [9.17, 15) is 4.79 Å². The number of aromatic nitrogens is 2. The van der Waals surface area contributed by atoms with Gasteiger partial charge >= 0.3 is 6.03 Å². The summed E-state index contributed by atoms with van der Waals surface area (Å²) in [5.74, 6) is 0.896. The highest BCUT2D eigenvalue weighted by molar-refractivity contribution is 5.74. The van der Waals surface area contributed by atoms with Gasteiger partial charge in [-0.3, -0.25) is 0 Å². The van der Waals surface area contributed by atoms with Crippen LogP contribution in [0.3, 0.4) is 0 Å². The molecule has 1 aromatic heterocycles. The van der Waals surface area contributed by atoms with E-state index in [-0.39, 0.29) is 11.4 Å². The van der Waals surface area contributed by atoms with Crippen LogP contribution >= 0.6 is 0 Å². The maximum absolute atomic E-state index is 12.0. The lowest BCUT2D eigenvalue weighted by atomic mass is 9.95. The number of imidazole rings is 1. The summed E-state index contributed by atoms with van der Waals surface area (Å²) in [6, 6.07) is 7.91. The molecule has 2 aromatic rings. The molecule has 1 aliphatic carbocycles. The Morgan fingerprint density at radius 3 is 2.87 bits per heavy atom. The Morgan fingerprint density at radius 2 is 2.17 bits per heavy atom. The molecule has 23 heavy (non-hydrogen) atoms. The van der Waals surface area contributed by atoms with Crippen LogP contribution < -0.4 is 15.4 Å². The molecule has 6 nitrogen and oxygen atoms in total. The predicted octanol–water partition coefficient (Wildman–Crippen LogP) is 1.92. The predicted molar refractivity (Wildman–Crippen MR) is 87.5 cm³/mol.